The molecule has 1 atom stereocenters. The summed E-state index contributed by atoms with van der Waals surface area (Å²) in [6.45, 7) is 0. The standard InChI is InChI=1S/C16H21ClN2O2/c1-20-16(7-3-2-4-8-16)15(19-18)14-10-11-9-12(17)5-6-13(11)21-14/h5-6,9-10,15,19H,2-4,7-8,18H2,1H3. The summed E-state index contributed by atoms with van der Waals surface area (Å²) in [5.41, 5.74) is 3.42. The number of benzene rings is 1. The van der Waals surface area contributed by atoms with E-state index in [9.17, 15) is 0 Å². The Morgan fingerprint density at radius 3 is 2.71 bits per heavy atom. The maximum absolute atomic E-state index is 6.04. The lowest BCUT2D eigenvalue weighted by Crippen LogP contribution is -2.49. The van der Waals surface area contributed by atoms with Crippen molar-refractivity contribution in [1.29, 1.82) is 0 Å². The van der Waals surface area contributed by atoms with Crippen LogP contribution in [0.4, 0.5) is 0 Å². The zero-order chi connectivity index (χ0) is 14.9. The number of hydrogen-bond acceptors (Lipinski definition) is 4. The number of fused-ring (bicyclic) bond motifs is 1. The van der Waals surface area contributed by atoms with Gasteiger partial charge in [0.1, 0.15) is 17.4 Å². The predicted molar refractivity (Wildman–Crippen MR) is 84.1 cm³/mol. The Balaban J connectivity index is 2.00. The van der Waals surface area contributed by atoms with Gasteiger partial charge in [-0.3, -0.25) is 5.84 Å². The van der Waals surface area contributed by atoms with Gasteiger partial charge in [-0.25, -0.2) is 5.43 Å². The minimum atomic E-state index is -0.301. The third kappa shape index (κ3) is 2.69. The lowest BCUT2D eigenvalue weighted by molar-refractivity contribution is -0.0731. The lowest BCUT2D eigenvalue weighted by atomic mass is 9.78. The number of hydrogen-bond donors (Lipinski definition) is 2. The molecule has 0 aliphatic heterocycles. The Morgan fingerprint density at radius 1 is 1.29 bits per heavy atom. The molecule has 0 bridgehead atoms. The lowest BCUT2D eigenvalue weighted by Gasteiger charge is -2.41. The molecule has 1 unspecified atom stereocenters. The first kappa shape index (κ1) is 14.9. The molecule has 1 heterocycles. The number of methoxy groups -OCH3 is 1. The summed E-state index contributed by atoms with van der Waals surface area (Å²) < 4.78 is 11.9. The normalized spacial score (nSPS) is 19.8. The summed E-state index contributed by atoms with van der Waals surface area (Å²) in [5, 5.41) is 1.69. The fraction of sp³-hybridized carbons (Fsp3) is 0.500. The highest BCUT2D eigenvalue weighted by Gasteiger charge is 2.42. The largest absolute Gasteiger partial charge is 0.459 e. The van der Waals surface area contributed by atoms with Crippen LogP contribution in [0.5, 0.6) is 0 Å². The number of hydrazine groups is 1. The molecular formula is C16H21ClN2O2. The molecular weight excluding hydrogens is 288 g/mol. The van der Waals surface area contributed by atoms with Crippen LogP contribution in [0.25, 0.3) is 11.0 Å². The van der Waals surface area contributed by atoms with Gasteiger partial charge in [0.15, 0.2) is 0 Å². The molecule has 2 aromatic rings. The van der Waals surface area contributed by atoms with Gasteiger partial charge in [0, 0.05) is 17.5 Å². The number of ether oxygens (including phenoxy) is 1. The molecule has 1 fully saturated rings. The van der Waals surface area contributed by atoms with E-state index in [1.165, 1.54) is 6.42 Å². The van der Waals surface area contributed by atoms with Crippen LogP contribution >= 0.6 is 11.6 Å². The second-order valence-corrected chi connectivity index (χ2v) is 6.20. The van der Waals surface area contributed by atoms with Crippen LogP contribution < -0.4 is 11.3 Å². The molecule has 21 heavy (non-hydrogen) atoms. The van der Waals surface area contributed by atoms with Gasteiger partial charge in [0.25, 0.3) is 0 Å². The number of nitrogens with two attached hydrogens (primary N) is 1. The molecule has 3 N–H and O–H groups in total. The van der Waals surface area contributed by atoms with Crippen LogP contribution in [0.2, 0.25) is 5.02 Å². The highest BCUT2D eigenvalue weighted by Crippen LogP contribution is 2.42. The van der Waals surface area contributed by atoms with Gasteiger partial charge >= 0.3 is 0 Å². The second-order valence-electron chi connectivity index (χ2n) is 5.76. The molecule has 114 valence electrons. The van der Waals surface area contributed by atoms with E-state index in [-0.39, 0.29) is 11.6 Å². The molecule has 0 saturated heterocycles. The molecule has 5 heteroatoms. The summed E-state index contributed by atoms with van der Waals surface area (Å²) in [5.74, 6) is 6.64. The zero-order valence-corrected chi connectivity index (χ0v) is 13.0. The average molecular weight is 309 g/mol. The first-order chi connectivity index (χ1) is 10.2. The van der Waals surface area contributed by atoms with Gasteiger partial charge in [-0.2, -0.15) is 0 Å². The van der Waals surface area contributed by atoms with Crippen molar-refractivity contribution in [2.24, 2.45) is 5.84 Å². The van der Waals surface area contributed by atoms with Crippen molar-refractivity contribution in [1.82, 2.24) is 5.43 Å². The maximum Gasteiger partial charge on any atom is 0.134 e. The first-order valence-electron chi connectivity index (χ1n) is 7.39. The minimum absolute atomic E-state index is 0.158. The van der Waals surface area contributed by atoms with E-state index in [0.29, 0.717) is 5.02 Å². The first-order valence-corrected chi connectivity index (χ1v) is 7.76. The van der Waals surface area contributed by atoms with Crippen LogP contribution in [-0.4, -0.2) is 12.7 Å². The van der Waals surface area contributed by atoms with Crippen molar-refractivity contribution >= 4 is 22.6 Å². The van der Waals surface area contributed by atoms with Gasteiger partial charge in [0.05, 0.1) is 5.60 Å². The fourth-order valence-electron chi connectivity index (χ4n) is 3.43. The van der Waals surface area contributed by atoms with Crippen LogP contribution in [0.3, 0.4) is 0 Å². The van der Waals surface area contributed by atoms with E-state index in [2.05, 4.69) is 5.43 Å². The van der Waals surface area contributed by atoms with E-state index >= 15 is 0 Å². The topological polar surface area (TPSA) is 60.4 Å². The highest BCUT2D eigenvalue weighted by molar-refractivity contribution is 6.31. The Bertz CT molecular complexity index is 620. The predicted octanol–water partition coefficient (Wildman–Crippen LogP) is 3.94. The van der Waals surface area contributed by atoms with E-state index in [0.717, 1.165) is 42.4 Å². The quantitative estimate of drug-likeness (QED) is 0.663. The zero-order valence-electron chi connectivity index (χ0n) is 12.2. The highest BCUT2D eigenvalue weighted by atomic mass is 35.5. The maximum atomic E-state index is 6.04. The molecule has 3 rings (SSSR count). The molecule has 1 aliphatic rings. The third-order valence-corrected chi connectivity index (χ3v) is 4.82. The number of nitrogens with one attached hydrogen (secondary N) is 1. The Morgan fingerprint density at radius 2 is 2.05 bits per heavy atom. The molecule has 1 saturated carbocycles. The van der Waals surface area contributed by atoms with Crippen molar-refractivity contribution in [2.75, 3.05) is 7.11 Å². The van der Waals surface area contributed by atoms with Crippen LogP contribution in [0.1, 0.15) is 43.9 Å². The monoisotopic (exact) mass is 308 g/mol. The van der Waals surface area contributed by atoms with Gasteiger partial charge in [-0.05, 0) is 37.1 Å². The molecule has 1 aliphatic carbocycles. The number of rotatable bonds is 4. The molecule has 0 amide bonds. The molecule has 0 spiro atoms. The van der Waals surface area contributed by atoms with Gasteiger partial charge in [0.2, 0.25) is 0 Å². The van der Waals surface area contributed by atoms with E-state index in [1.807, 2.05) is 24.3 Å². The van der Waals surface area contributed by atoms with Crippen molar-refractivity contribution < 1.29 is 9.15 Å². The van der Waals surface area contributed by atoms with Crippen molar-refractivity contribution in [3.63, 3.8) is 0 Å². The number of furan rings is 1. The summed E-state index contributed by atoms with van der Waals surface area (Å²) in [6.07, 6.45) is 5.51. The average Bonchev–Trinajstić information content (AvgIpc) is 2.91. The molecule has 4 nitrogen and oxygen atoms in total. The number of halogens is 1. The van der Waals surface area contributed by atoms with E-state index in [1.54, 1.807) is 7.11 Å². The summed E-state index contributed by atoms with van der Waals surface area (Å²) >= 11 is 6.04. The van der Waals surface area contributed by atoms with Crippen molar-refractivity contribution in [2.45, 2.75) is 43.7 Å². The smallest absolute Gasteiger partial charge is 0.134 e. The Hall–Kier alpha value is -1.07. The summed E-state index contributed by atoms with van der Waals surface area (Å²) in [6, 6.07) is 7.46. The Labute approximate surface area is 129 Å². The molecule has 0 radical (unpaired) electrons. The third-order valence-electron chi connectivity index (χ3n) is 4.58. The Kier molecular flexibility index (Phi) is 4.22. The van der Waals surface area contributed by atoms with Gasteiger partial charge in [-0.15, -0.1) is 0 Å². The minimum Gasteiger partial charge on any atom is -0.459 e. The van der Waals surface area contributed by atoms with Gasteiger partial charge in [-0.1, -0.05) is 30.9 Å². The van der Waals surface area contributed by atoms with Crippen LogP contribution in [-0.2, 0) is 4.74 Å². The van der Waals surface area contributed by atoms with E-state index in [4.69, 9.17) is 26.6 Å². The van der Waals surface area contributed by atoms with Crippen molar-refractivity contribution in [3.05, 3.63) is 35.0 Å². The summed E-state index contributed by atoms with van der Waals surface area (Å²) in [7, 11) is 1.76. The van der Waals surface area contributed by atoms with Crippen LogP contribution in [0.15, 0.2) is 28.7 Å². The van der Waals surface area contributed by atoms with E-state index < -0.39 is 0 Å². The van der Waals surface area contributed by atoms with Gasteiger partial charge < -0.3 is 9.15 Å². The molecule has 1 aromatic carbocycles. The second kappa shape index (κ2) is 5.97. The van der Waals surface area contributed by atoms with Crippen molar-refractivity contribution in [3.8, 4) is 0 Å². The SMILES string of the molecule is COC1(C(NN)c2cc3cc(Cl)ccc3o2)CCCCC1. The molecule has 1 aromatic heterocycles. The summed E-state index contributed by atoms with van der Waals surface area (Å²) in [4.78, 5) is 0. The fourth-order valence-corrected chi connectivity index (χ4v) is 3.61. The van der Waals surface area contributed by atoms with Crippen LogP contribution in [0, 0.1) is 0 Å².